The van der Waals surface area contributed by atoms with E-state index in [1.165, 1.54) is 24.3 Å². The fourth-order valence-electron chi connectivity index (χ4n) is 2.39. The van der Waals surface area contributed by atoms with E-state index in [1.54, 1.807) is 0 Å². The average molecular weight is 396 g/mol. The third-order valence-electron chi connectivity index (χ3n) is 4.10. The minimum absolute atomic E-state index is 0. The van der Waals surface area contributed by atoms with E-state index >= 15 is 0 Å². The van der Waals surface area contributed by atoms with Gasteiger partial charge in [0, 0.05) is 18.6 Å². The molecule has 2 fully saturated rings. The van der Waals surface area contributed by atoms with Crippen LogP contribution in [0.15, 0.2) is 34.1 Å². The van der Waals surface area contributed by atoms with Gasteiger partial charge in [0.25, 0.3) is 0 Å². The van der Waals surface area contributed by atoms with Crippen LogP contribution in [0.1, 0.15) is 25.7 Å². The molecular formula is C14H22ClN3O4S2. The Hall–Kier alpha value is -0.710. The number of halogens is 1. The molecule has 1 unspecified atom stereocenters. The van der Waals surface area contributed by atoms with Crippen molar-refractivity contribution in [2.45, 2.75) is 47.6 Å². The molecule has 0 aromatic heterocycles. The molecule has 0 spiro atoms. The van der Waals surface area contributed by atoms with E-state index in [9.17, 15) is 16.8 Å². The first kappa shape index (κ1) is 19.6. The van der Waals surface area contributed by atoms with Crippen molar-refractivity contribution < 1.29 is 16.8 Å². The fraction of sp³-hybridized carbons (Fsp3) is 0.571. The van der Waals surface area contributed by atoms with Crippen LogP contribution in [0.4, 0.5) is 0 Å². The lowest BCUT2D eigenvalue weighted by atomic mass is 10.2. The predicted octanol–water partition coefficient (Wildman–Crippen LogP) is 0.565. The zero-order chi connectivity index (χ0) is 16.7. The van der Waals surface area contributed by atoms with Gasteiger partial charge in [0.1, 0.15) is 0 Å². The summed E-state index contributed by atoms with van der Waals surface area (Å²) in [5.41, 5.74) is 5.62. The lowest BCUT2D eigenvalue weighted by Gasteiger charge is -2.16. The van der Waals surface area contributed by atoms with Crippen molar-refractivity contribution in [3.05, 3.63) is 24.3 Å². The second kappa shape index (κ2) is 7.27. The van der Waals surface area contributed by atoms with Crippen LogP contribution < -0.4 is 15.2 Å². The highest BCUT2D eigenvalue weighted by Gasteiger charge is 2.33. The van der Waals surface area contributed by atoms with Gasteiger partial charge >= 0.3 is 0 Å². The number of sulfonamides is 2. The summed E-state index contributed by atoms with van der Waals surface area (Å²) < 4.78 is 54.0. The molecule has 1 atom stereocenters. The zero-order valence-corrected chi connectivity index (χ0v) is 15.5. The highest BCUT2D eigenvalue weighted by molar-refractivity contribution is 7.90. The second-order valence-electron chi connectivity index (χ2n) is 6.17. The van der Waals surface area contributed by atoms with Crippen LogP contribution in [0.2, 0.25) is 0 Å². The molecule has 0 aliphatic heterocycles. The molecular weight excluding hydrogens is 374 g/mol. The number of rotatable bonds is 8. The Kier molecular flexibility index (Phi) is 5.94. The smallest absolute Gasteiger partial charge is 0.240 e. The minimum Gasteiger partial charge on any atom is -0.329 e. The van der Waals surface area contributed by atoms with E-state index < -0.39 is 20.0 Å². The summed E-state index contributed by atoms with van der Waals surface area (Å²) in [5.74, 6) is 0.303. The number of nitrogens with one attached hydrogen (secondary N) is 2. The van der Waals surface area contributed by atoms with Gasteiger partial charge < -0.3 is 5.73 Å². The van der Waals surface area contributed by atoms with Gasteiger partial charge in [0.15, 0.2) is 0 Å². The molecule has 0 heterocycles. The third-order valence-corrected chi connectivity index (χ3v) is 7.14. The van der Waals surface area contributed by atoms with E-state index in [0.717, 1.165) is 25.7 Å². The lowest BCUT2D eigenvalue weighted by Crippen LogP contribution is -2.41. The molecule has 24 heavy (non-hydrogen) atoms. The van der Waals surface area contributed by atoms with Crippen LogP contribution in [-0.4, -0.2) is 35.5 Å². The van der Waals surface area contributed by atoms with Crippen LogP contribution in [0, 0.1) is 5.92 Å². The van der Waals surface area contributed by atoms with Crippen LogP contribution in [0.3, 0.4) is 0 Å². The molecule has 1 aromatic carbocycles. The highest BCUT2D eigenvalue weighted by Crippen LogP contribution is 2.33. The molecule has 2 aliphatic rings. The summed E-state index contributed by atoms with van der Waals surface area (Å²) >= 11 is 0. The van der Waals surface area contributed by atoms with Gasteiger partial charge in [0.05, 0.1) is 9.79 Å². The highest BCUT2D eigenvalue weighted by atomic mass is 35.5. The summed E-state index contributed by atoms with van der Waals surface area (Å²) in [6.07, 6.45) is 3.65. The minimum atomic E-state index is -3.69. The van der Waals surface area contributed by atoms with E-state index in [1.807, 2.05) is 0 Å². The summed E-state index contributed by atoms with van der Waals surface area (Å²) in [6, 6.07) is 4.99. The van der Waals surface area contributed by atoms with Crippen LogP contribution >= 0.6 is 12.4 Å². The van der Waals surface area contributed by atoms with Gasteiger partial charge in [-0.3, -0.25) is 0 Å². The molecule has 3 rings (SSSR count). The van der Waals surface area contributed by atoms with Crippen LogP contribution in [0.5, 0.6) is 0 Å². The molecule has 10 heteroatoms. The topological polar surface area (TPSA) is 118 Å². The first-order valence-corrected chi connectivity index (χ1v) is 10.6. The fourth-order valence-corrected chi connectivity index (χ4v) is 5.01. The van der Waals surface area contributed by atoms with Gasteiger partial charge in [-0.15, -0.1) is 12.4 Å². The Morgan fingerprint density at radius 2 is 1.46 bits per heavy atom. The van der Waals surface area contributed by atoms with E-state index in [-0.39, 0.29) is 40.8 Å². The Morgan fingerprint density at radius 1 is 0.958 bits per heavy atom. The molecule has 0 amide bonds. The van der Waals surface area contributed by atoms with Crippen LogP contribution in [0.25, 0.3) is 0 Å². The molecule has 1 aromatic rings. The maximum absolute atomic E-state index is 12.4. The molecule has 2 saturated carbocycles. The summed E-state index contributed by atoms with van der Waals surface area (Å²) in [5, 5.41) is 0. The summed E-state index contributed by atoms with van der Waals surface area (Å²) in [7, 11) is -7.27. The summed E-state index contributed by atoms with van der Waals surface area (Å²) in [6.45, 7) is 0.252. The molecule has 2 aliphatic carbocycles. The quantitative estimate of drug-likeness (QED) is 0.594. The van der Waals surface area contributed by atoms with E-state index in [0.29, 0.717) is 5.92 Å². The Balaban J connectivity index is 0.00000208. The monoisotopic (exact) mass is 395 g/mol. The van der Waals surface area contributed by atoms with Crippen molar-refractivity contribution in [2.75, 3.05) is 6.54 Å². The normalized spacial score (nSPS) is 19.5. The number of hydrogen-bond donors (Lipinski definition) is 3. The Labute approximate surface area is 148 Å². The maximum Gasteiger partial charge on any atom is 0.240 e. The van der Waals surface area contributed by atoms with Crippen molar-refractivity contribution >= 4 is 32.5 Å². The molecule has 136 valence electrons. The van der Waals surface area contributed by atoms with Crippen LogP contribution in [-0.2, 0) is 20.0 Å². The molecule has 0 saturated heterocycles. The largest absolute Gasteiger partial charge is 0.329 e. The van der Waals surface area contributed by atoms with Crippen molar-refractivity contribution in [1.82, 2.24) is 9.44 Å². The third kappa shape index (κ3) is 4.68. The SMILES string of the molecule is Cl.NCC(NS(=O)(=O)c1ccc(S(=O)(=O)NC2CC2)cc1)C1CC1. The van der Waals surface area contributed by atoms with Gasteiger partial charge in [-0.05, 0) is 55.9 Å². The standard InChI is InChI=1S/C14H21N3O4S2.ClH/c15-9-14(10-1-2-10)17-23(20,21)13-7-5-12(6-8-13)22(18,19)16-11-3-4-11;/h5-8,10-11,14,16-17H,1-4,9,15H2;1H. The molecule has 7 nitrogen and oxygen atoms in total. The van der Waals surface area contributed by atoms with E-state index in [2.05, 4.69) is 9.44 Å². The van der Waals surface area contributed by atoms with Gasteiger partial charge in [-0.25, -0.2) is 26.3 Å². The van der Waals surface area contributed by atoms with Crippen molar-refractivity contribution in [1.29, 1.82) is 0 Å². The van der Waals surface area contributed by atoms with Gasteiger partial charge in [-0.2, -0.15) is 0 Å². The molecule has 0 bridgehead atoms. The Bertz CT molecular complexity index is 773. The maximum atomic E-state index is 12.4. The Morgan fingerprint density at radius 3 is 1.88 bits per heavy atom. The van der Waals surface area contributed by atoms with Gasteiger partial charge in [-0.1, -0.05) is 0 Å². The van der Waals surface area contributed by atoms with E-state index in [4.69, 9.17) is 5.73 Å². The number of nitrogens with two attached hydrogens (primary N) is 1. The van der Waals surface area contributed by atoms with Crippen molar-refractivity contribution in [3.8, 4) is 0 Å². The number of benzene rings is 1. The predicted molar refractivity (Wildman–Crippen MR) is 92.9 cm³/mol. The van der Waals surface area contributed by atoms with Crippen molar-refractivity contribution in [2.24, 2.45) is 11.7 Å². The first-order chi connectivity index (χ1) is 10.8. The molecule has 4 N–H and O–H groups in total. The summed E-state index contributed by atoms with van der Waals surface area (Å²) in [4.78, 5) is 0.114. The average Bonchev–Trinajstić information content (AvgIpc) is 3.38. The number of hydrogen-bond acceptors (Lipinski definition) is 5. The van der Waals surface area contributed by atoms with Crippen molar-refractivity contribution in [3.63, 3.8) is 0 Å². The second-order valence-corrected chi connectivity index (χ2v) is 9.60. The molecule has 0 radical (unpaired) electrons. The first-order valence-electron chi connectivity index (χ1n) is 7.66. The zero-order valence-electron chi connectivity index (χ0n) is 13.0. The van der Waals surface area contributed by atoms with Gasteiger partial charge in [0.2, 0.25) is 20.0 Å². The lowest BCUT2D eigenvalue weighted by molar-refractivity contribution is 0.519.